The monoisotopic (exact) mass is 336 g/mol. The first-order chi connectivity index (χ1) is 11.2. The van der Waals surface area contributed by atoms with Gasteiger partial charge in [0.2, 0.25) is 11.5 Å². The number of alkyl halides is 3. The smallest absolute Gasteiger partial charge is 0.375 e. The average Bonchev–Trinajstić information content (AvgIpc) is 2.85. The summed E-state index contributed by atoms with van der Waals surface area (Å²) in [5.74, 6) is -0.680. The number of fused-ring (bicyclic) bond motifs is 1. The van der Waals surface area contributed by atoms with Gasteiger partial charge in [0.05, 0.1) is 13.0 Å². The average molecular weight is 336 g/mol. The van der Waals surface area contributed by atoms with E-state index < -0.39 is 29.8 Å². The predicted molar refractivity (Wildman–Crippen MR) is 81.4 cm³/mol. The van der Waals surface area contributed by atoms with Crippen LogP contribution >= 0.6 is 0 Å². The number of aliphatic hydroxyl groups is 1. The van der Waals surface area contributed by atoms with Gasteiger partial charge in [0.25, 0.3) is 0 Å². The molecule has 0 bridgehead atoms. The van der Waals surface area contributed by atoms with Crippen molar-refractivity contribution in [2.75, 3.05) is 11.4 Å². The number of halogens is 3. The molecule has 2 heterocycles. The lowest BCUT2D eigenvalue weighted by Crippen LogP contribution is -2.47. The standard InChI is InChI=1S/C17H15F3N2O2/c1-11-5-2-3-6-12(11)9-14(23)22-10-16(24,17(18,19)20)13-7-4-8-21-15(13)22/h2-8,24H,9-10H2,1H3. The third-order valence-electron chi connectivity index (χ3n) is 4.25. The molecule has 4 nitrogen and oxygen atoms in total. The van der Waals surface area contributed by atoms with Crippen molar-refractivity contribution in [1.82, 2.24) is 4.98 Å². The number of carbonyl (C=O) groups is 1. The Balaban J connectivity index is 1.96. The fraction of sp³-hybridized carbons (Fsp3) is 0.294. The van der Waals surface area contributed by atoms with Gasteiger partial charge in [-0.25, -0.2) is 4.98 Å². The molecule has 0 radical (unpaired) electrons. The highest BCUT2D eigenvalue weighted by Gasteiger charge is 2.61. The molecule has 0 aliphatic carbocycles. The van der Waals surface area contributed by atoms with Gasteiger partial charge in [0.1, 0.15) is 5.82 Å². The fourth-order valence-corrected chi connectivity index (χ4v) is 2.84. The summed E-state index contributed by atoms with van der Waals surface area (Å²) in [6.07, 6.45) is -3.66. The fourth-order valence-electron chi connectivity index (χ4n) is 2.84. The quantitative estimate of drug-likeness (QED) is 0.917. The summed E-state index contributed by atoms with van der Waals surface area (Å²) in [4.78, 5) is 17.3. The van der Waals surface area contributed by atoms with Crippen LogP contribution in [0.15, 0.2) is 42.6 Å². The lowest BCUT2D eigenvalue weighted by atomic mass is 9.97. The molecule has 1 N–H and O–H groups in total. The van der Waals surface area contributed by atoms with Crippen LogP contribution in [0, 0.1) is 6.92 Å². The second kappa shape index (κ2) is 5.59. The van der Waals surface area contributed by atoms with E-state index in [-0.39, 0.29) is 12.2 Å². The van der Waals surface area contributed by atoms with Gasteiger partial charge in [-0.2, -0.15) is 13.2 Å². The van der Waals surface area contributed by atoms with Gasteiger partial charge in [-0.05, 0) is 24.1 Å². The number of carbonyl (C=O) groups excluding carboxylic acids is 1. The Morgan fingerprint density at radius 2 is 2.00 bits per heavy atom. The first-order valence-corrected chi connectivity index (χ1v) is 7.33. The zero-order chi connectivity index (χ0) is 17.5. The van der Waals surface area contributed by atoms with Crippen molar-refractivity contribution in [2.24, 2.45) is 0 Å². The van der Waals surface area contributed by atoms with E-state index in [0.717, 1.165) is 22.1 Å². The Morgan fingerprint density at radius 1 is 1.29 bits per heavy atom. The van der Waals surface area contributed by atoms with E-state index in [0.29, 0.717) is 0 Å². The first kappa shape index (κ1) is 16.4. The summed E-state index contributed by atoms with van der Waals surface area (Å²) in [5.41, 5.74) is -1.90. The van der Waals surface area contributed by atoms with Gasteiger partial charge in [0.15, 0.2) is 0 Å². The zero-order valence-corrected chi connectivity index (χ0v) is 12.8. The van der Waals surface area contributed by atoms with E-state index in [4.69, 9.17) is 0 Å². The molecule has 0 saturated carbocycles. The second-order valence-electron chi connectivity index (χ2n) is 5.82. The van der Waals surface area contributed by atoms with E-state index in [2.05, 4.69) is 4.98 Å². The number of β-amino-alcohol motifs (C(OH)–C–C–N with tert-alkyl or cyclic N) is 1. The second-order valence-corrected chi connectivity index (χ2v) is 5.82. The van der Waals surface area contributed by atoms with Crippen molar-refractivity contribution in [3.8, 4) is 0 Å². The van der Waals surface area contributed by atoms with Crippen molar-refractivity contribution in [3.63, 3.8) is 0 Å². The van der Waals surface area contributed by atoms with Crippen molar-refractivity contribution in [2.45, 2.75) is 25.1 Å². The number of amides is 1. The molecule has 0 fully saturated rings. The molecule has 0 spiro atoms. The van der Waals surface area contributed by atoms with Gasteiger partial charge in [-0.3, -0.25) is 9.69 Å². The van der Waals surface area contributed by atoms with Crippen molar-refractivity contribution >= 4 is 11.7 Å². The maximum absolute atomic E-state index is 13.3. The number of hydrogen-bond donors (Lipinski definition) is 1. The highest BCUT2D eigenvalue weighted by molar-refractivity contribution is 5.96. The van der Waals surface area contributed by atoms with E-state index in [1.54, 1.807) is 12.1 Å². The number of pyridine rings is 1. The van der Waals surface area contributed by atoms with Crippen LogP contribution in [0.5, 0.6) is 0 Å². The number of anilines is 1. The Hall–Kier alpha value is -2.41. The van der Waals surface area contributed by atoms with E-state index in [1.807, 2.05) is 19.1 Å². The van der Waals surface area contributed by atoms with E-state index in [9.17, 15) is 23.1 Å². The van der Waals surface area contributed by atoms with E-state index >= 15 is 0 Å². The number of rotatable bonds is 2. The summed E-state index contributed by atoms with van der Waals surface area (Å²) >= 11 is 0. The van der Waals surface area contributed by atoms with E-state index in [1.165, 1.54) is 12.3 Å². The number of benzene rings is 1. The summed E-state index contributed by atoms with van der Waals surface area (Å²) in [7, 11) is 0. The normalized spacial score (nSPS) is 20.1. The maximum atomic E-state index is 13.3. The van der Waals surface area contributed by atoms with Gasteiger partial charge in [-0.15, -0.1) is 0 Å². The molecule has 1 aliphatic rings. The molecule has 3 rings (SSSR count). The van der Waals surface area contributed by atoms with Gasteiger partial charge in [-0.1, -0.05) is 30.3 Å². The van der Waals surface area contributed by atoms with Crippen LogP contribution in [0.2, 0.25) is 0 Å². The van der Waals surface area contributed by atoms with Crippen LogP contribution in [0.25, 0.3) is 0 Å². The SMILES string of the molecule is Cc1ccccc1CC(=O)N1CC(O)(C(F)(F)F)c2cccnc21. The molecule has 1 unspecified atom stereocenters. The number of aryl methyl sites for hydroxylation is 1. The largest absolute Gasteiger partial charge is 0.423 e. The van der Waals surface area contributed by atoms with Crippen molar-refractivity contribution in [3.05, 3.63) is 59.3 Å². The van der Waals surface area contributed by atoms with Gasteiger partial charge >= 0.3 is 6.18 Å². The molecule has 24 heavy (non-hydrogen) atoms. The molecular weight excluding hydrogens is 321 g/mol. The molecule has 7 heteroatoms. The number of hydrogen-bond acceptors (Lipinski definition) is 3. The molecular formula is C17H15F3N2O2. The van der Waals surface area contributed by atoms with Crippen LogP contribution in [0.3, 0.4) is 0 Å². The third-order valence-corrected chi connectivity index (χ3v) is 4.25. The molecule has 1 aromatic carbocycles. The molecule has 1 aromatic heterocycles. The van der Waals surface area contributed by atoms with Crippen LogP contribution in [-0.4, -0.2) is 28.7 Å². The summed E-state index contributed by atoms with van der Waals surface area (Å²) in [6.45, 7) is 0.943. The molecule has 0 saturated heterocycles. The molecule has 1 amide bonds. The molecule has 1 atom stereocenters. The Labute approximate surface area is 136 Å². The molecule has 1 aliphatic heterocycles. The highest BCUT2D eigenvalue weighted by Crippen LogP contribution is 2.47. The zero-order valence-electron chi connectivity index (χ0n) is 12.8. The third kappa shape index (κ3) is 2.54. The summed E-state index contributed by atoms with van der Waals surface area (Å²) in [6, 6.07) is 9.61. The summed E-state index contributed by atoms with van der Waals surface area (Å²) in [5, 5.41) is 10.2. The van der Waals surface area contributed by atoms with Gasteiger partial charge in [0, 0.05) is 11.8 Å². The topological polar surface area (TPSA) is 53.4 Å². The minimum absolute atomic E-state index is 0.0589. The minimum atomic E-state index is -4.90. The Morgan fingerprint density at radius 3 is 2.67 bits per heavy atom. The predicted octanol–water partition coefficient (Wildman–Crippen LogP) is 2.73. The van der Waals surface area contributed by atoms with Crippen LogP contribution in [-0.2, 0) is 16.8 Å². The Kier molecular flexibility index (Phi) is 3.83. The van der Waals surface area contributed by atoms with Crippen LogP contribution in [0.1, 0.15) is 16.7 Å². The summed E-state index contributed by atoms with van der Waals surface area (Å²) < 4.78 is 40.0. The minimum Gasteiger partial charge on any atom is -0.375 e. The Bertz CT molecular complexity index is 791. The van der Waals surface area contributed by atoms with Crippen molar-refractivity contribution < 1.29 is 23.1 Å². The first-order valence-electron chi connectivity index (χ1n) is 7.33. The lowest BCUT2D eigenvalue weighted by molar-refractivity contribution is -0.259. The van der Waals surface area contributed by atoms with Gasteiger partial charge < -0.3 is 5.11 Å². The lowest BCUT2D eigenvalue weighted by Gasteiger charge is -2.26. The maximum Gasteiger partial charge on any atom is 0.423 e. The van der Waals surface area contributed by atoms with Crippen LogP contribution in [0.4, 0.5) is 19.0 Å². The molecule has 2 aromatic rings. The van der Waals surface area contributed by atoms with Crippen LogP contribution < -0.4 is 4.90 Å². The number of aromatic nitrogens is 1. The van der Waals surface area contributed by atoms with Crippen molar-refractivity contribution in [1.29, 1.82) is 0 Å². The highest BCUT2D eigenvalue weighted by atomic mass is 19.4. The molecule has 126 valence electrons. The number of nitrogens with zero attached hydrogens (tertiary/aromatic N) is 2.